The van der Waals surface area contributed by atoms with E-state index in [0.717, 1.165) is 6.20 Å². The molecular weight excluding hydrogens is 312 g/mol. The van der Waals surface area contributed by atoms with E-state index in [9.17, 15) is 14.2 Å². The van der Waals surface area contributed by atoms with Crippen LogP contribution < -0.4 is 4.73 Å². The van der Waals surface area contributed by atoms with E-state index in [1.807, 2.05) is 0 Å². The maximum atomic E-state index is 13.6. The molecule has 0 amide bonds. The van der Waals surface area contributed by atoms with E-state index >= 15 is 0 Å². The molecular formula is C12H8Cl2FNO2S. The zero-order valence-corrected chi connectivity index (χ0v) is 11.8. The molecule has 1 atom stereocenters. The van der Waals surface area contributed by atoms with Crippen LogP contribution in [0.2, 0.25) is 10.0 Å². The monoisotopic (exact) mass is 319 g/mol. The van der Waals surface area contributed by atoms with E-state index in [1.54, 1.807) is 0 Å². The number of halogens is 3. The van der Waals surface area contributed by atoms with Gasteiger partial charge in [-0.1, -0.05) is 29.3 Å². The van der Waals surface area contributed by atoms with Crippen molar-refractivity contribution in [2.24, 2.45) is 0 Å². The lowest BCUT2D eigenvalue weighted by molar-refractivity contribution is -0.646. The second-order valence-electron chi connectivity index (χ2n) is 3.70. The zero-order valence-electron chi connectivity index (χ0n) is 9.48. The predicted molar refractivity (Wildman–Crippen MR) is 71.9 cm³/mol. The van der Waals surface area contributed by atoms with Crippen molar-refractivity contribution in [3.05, 3.63) is 63.2 Å². The molecule has 0 aliphatic heterocycles. The summed E-state index contributed by atoms with van der Waals surface area (Å²) in [6.07, 6.45) is 1.09. The maximum absolute atomic E-state index is 13.6. The predicted octanol–water partition coefficient (Wildman–Crippen LogP) is 3.07. The third kappa shape index (κ3) is 3.30. The van der Waals surface area contributed by atoms with E-state index in [4.69, 9.17) is 23.2 Å². The highest BCUT2D eigenvalue weighted by Crippen LogP contribution is 2.23. The Morgan fingerprint density at radius 1 is 1.21 bits per heavy atom. The lowest BCUT2D eigenvalue weighted by Crippen LogP contribution is -2.34. The Morgan fingerprint density at radius 3 is 2.58 bits per heavy atom. The number of hydrogen-bond donors (Lipinski definition) is 0. The van der Waals surface area contributed by atoms with Crippen LogP contribution in [0.4, 0.5) is 4.39 Å². The van der Waals surface area contributed by atoms with E-state index in [2.05, 4.69) is 0 Å². The summed E-state index contributed by atoms with van der Waals surface area (Å²) in [5.74, 6) is -0.720. The standard InChI is InChI=1S/C12H8Cl2FNO2S/c13-8-4-5-12(16(17)6-8)19(18)7-9-10(14)2-1-3-11(9)15/h1-6H,7H2. The van der Waals surface area contributed by atoms with Gasteiger partial charge in [-0.3, -0.25) is 0 Å². The van der Waals surface area contributed by atoms with Crippen molar-refractivity contribution in [1.29, 1.82) is 0 Å². The molecule has 1 heterocycles. The molecule has 1 aromatic carbocycles. The van der Waals surface area contributed by atoms with Gasteiger partial charge in [0.25, 0.3) is 0 Å². The van der Waals surface area contributed by atoms with Crippen molar-refractivity contribution in [2.75, 3.05) is 0 Å². The van der Waals surface area contributed by atoms with Crippen molar-refractivity contribution in [1.82, 2.24) is 0 Å². The normalized spacial score (nSPS) is 12.4. The molecule has 0 bridgehead atoms. The SMILES string of the molecule is [O-][n+]1cc(Cl)ccc1[S+]([O-])Cc1c(F)cccc1Cl. The fourth-order valence-corrected chi connectivity index (χ4v) is 3.13. The molecule has 3 nitrogen and oxygen atoms in total. The lowest BCUT2D eigenvalue weighted by Gasteiger charge is -2.11. The Kier molecular flexibility index (Phi) is 4.52. The molecule has 1 unspecified atom stereocenters. The molecule has 0 saturated carbocycles. The lowest BCUT2D eigenvalue weighted by atomic mass is 10.2. The van der Waals surface area contributed by atoms with Crippen LogP contribution in [-0.4, -0.2) is 4.55 Å². The van der Waals surface area contributed by atoms with E-state index in [1.165, 1.54) is 30.3 Å². The summed E-state index contributed by atoms with van der Waals surface area (Å²) < 4.78 is 26.0. The fourth-order valence-electron chi connectivity index (χ4n) is 1.49. The molecule has 7 heteroatoms. The van der Waals surface area contributed by atoms with E-state index < -0.39 is 17.0 Å². The molecule has 0 aliphatic carbocycles. The molecule has 2 rings (SSSR count). The Bertz CT molecular complexity index is 592. The van der Waals surface area contributed by atoms with Gasteiger partial charge in [-0.05, 0) is 18.2 Å². The number of nitrogens with zero attached hydrogens (tertiary/aromatic N) is 1. The molecule has 0 radical (unpaired) electrons. The molecule has 2 aromatic rings. The van der Waals surface area contributed by atoms with Crippen molar-refractivity contribution in [2.45, 2.75) is 10.8 Å². The van der Waals surface area contributed by atoms with E-state index in [0.29, 0.717) is 4.73 Å². The van der Waals surface area contributed by atoms with Gasteiger partial charge in [0, 0.05) is 0 Å². The molecule has 0 fully saturated rings. The number of aromatic nitrogens is 1. The highest BCUT2D eigenvalue weighted by molar-refractivity contribution is 7.90. The molecule has 0 spiro atoms. The van der Waals surface area contributed by atoms with Gasteiger partial charge >= 0.3 is 5.03 Å². The van der Waals surface area contributed by atoms with Gasteiger partial charge in [0.05, 0.1) is 27.8 Å². The fraction of sp³-hybridized carbons (Fsp3) is 0.0833. The first-order valence-electron chi connectivity index (χ1n) is 5.19. The number of hydrogen-bond acceptors (Lipinski definition) is 2. The third-order valence-electron chi connectivity index (χ3n) is 2.41. The number of benzene rings is 1. The minimum absolute atomic E-state index is 0.00344. The highest BCUT2D eigenvalue weighted by Gasteiger charge is 2.24. The first kappa shape index (κ1) is 14.4. The Labute approximate surface area is 122 Å². The first-order chi connectivity index (χ1) is 8.99. The average molecular weight is 320 g/mol. The topological polar surface area (TPSA) is 50.0 Å². The van der Waals surface area contributed by atoms with Gasteiger partial charge in [-0.25, -0.2) is 4.39 Å². The van der Waals surface area contributed by atoms with Gasteiger partial charge in [0.2, 0.25) is 6.20 Å². The maximum Gasteiger partial charge on any atom is 0.393 e. The molecule has 0 N–H and O–H groups in total. The quantitative estimate of drug-likeness (QED) is 0.496. The summed E-state index contributed by atoms with van der Waals surface area (Å²) in [5, 5.41) is 12.0. The van der Waals surface area contributed by atoms with Gasteiger partial charge in [0.1, 0.15) is 16.6 Å². The number of pyridine rings is 1. The van der Waals surface area contributed by atoms with Crippen LogP contribution >= 0.6 is 23.2 Å². The Hall–Kier alpha value is -1.01. The van der Waals surface area contributed by atoms with Crippen LogP contribution in [0, 0.1) is 11.0 Å². The number of rotatable bonds is 3. The third-order valence-corrected chi connectivity index (χ3v) is 4.32. The molecule has 19 heavy (non-hydrogen) atoms. The summed E-state index contributed by atoms with van der Waals surface area (Å²) in [5.41, 5.74) is 0.123. The summed E-state index contributed by atoms with van der Waals surface area (Å²) in [7, 11) is 0. The Morgan fingerprint density at radius 2 is 1.95 bits per heavy atom. The van der Waals surface area contributed by atoms with Crippen LogP contribution in [0.3, 0.4) is 0 Å². The minimum Gasteiger partial charge on any atom is -0.615 e. The van der Waals surface area contributed by atoms with Crippen molar-refractivity contribution in [3.8, 4) is 0 Å². The van der Waals surface area contributed by atoms with Crippen LogP contribution in [-0.2, 0) is 16.9 Å². The van der Waals surface area contributed by atoms with Crippen molar-refractivity contribution < 1.29 is 13.7 Å². The summed E-state index contributed by atoms with van der Waals surface area (Å²) >= 11 is 9.77. The molecule has 0 saturated heterocycles. The van der Waals surface area contributed by atoms with Crippen LogP contribution in [0.25, 0.3) is 0 Å². The van der Waals surface area contributed by atoms with E-state index in [-0.39, 0.29) is 26.4 Å². The first-order valence-corrected chi connectivity index (χ1v) is 7.26. The van der Waals surface area contributed by atoms with Gasteiger partial charge in [0.15, 0.2) is 0 Å². The second-order valence-corrected chi connectivity index (χ2v) is 5.94. The van der Waals surface area contributed by atoms with Gasteiger partial charge in [-0.15, -0.1) is 4.73 Å². The summed E-state index contributed by atoms with van der Waals surface area (Å²) in [6.45, 7) is 0. The van der Waals surface area contributed by atoms with Gasteiger partial charge in [-0.2, -0.15) is 0 Å². The smallest absolute Gasteiger partial charge is 0.393 e. The molecule has 0 aliphatic rings. The van der Waals surface area contributed by atoms with Crippen molar-refractivity contribution >= 4 is 34.4 Å². The van der Waals surface area contributed by atoms with Gasteiger partial charge < -0.3 is 9.76 Å². The molecule has 100 valence electrons. The van der Waals surface area contributed by atoms with Crippen LogP contribution in [0.5, 0.6) is 0 Å². The second kappa shape index (κ2) is 5.96. The zero-order chi connectivity index (χ0) is 14.0. The average Bonchev–Trinajstić information content (AvgIpc) is 2.33. The largest absolute Gasteiger partial charge is 0.615 e. The Balaban J connectivity index is 2.28. The minimum atomic E-state index is -1.71. The van der Waals surface area contributed by atoms with Crippen LogP contribution in [0.15, 0.2) is 41.6 Å². The highest BCUT2D eigenvalue weighted by atomic mass is 35.5. The molecule has 1 aromatic heterocycles. The summed E-state index contributed by atoms with van der Waals surface area (Å²) in [4.78, 5) is 0. The van der Waals surface area contributed by atoms with Crippen LogP contribution in [0.1, 0.15) is 5.56 Å². The van der Waals surface area contributed by atoms with Crippen molar-refractivity contribution in [3.63, 3.8) is 0 Å². The summed E-state index contributed by atoms with van der Waals surface area (Å²) in [6, 6.07) is 6.99.